The molecule has 0 radical (unpaired) electrons. The summed E-state index contributed by atoms with van der Waals surface area (Å²) < 4.78 is 18.5. The van der Waals surface area contributed by atoms with Crippen molar-refractivity contribution in [1.82, 2.24) is 0 Å². The number of carbonyl (C=O) groups excluding carboxylic acids is 2. The highest BCUT2D eigenvalue weighted by Crippen LogP contribution is 2.24. The van der Waals surface area contributed by atoms with Crippen LogP contribution in [0.5, 0.6) is 0 Å². The van der Waals surface area contributed by atoms with E-state index in [-0.39, 0.29) is 23.6 Å². The predicted octanol–water partition coefficient (Wildman–Crippen LogP) is 3.18. The van der Waals surface area contributed by atoms with Crippen LogP contribution >= 0.6 is 11.6 Å². The van der Waals surface area contributed by atoms with E-state index in [2.05, 4.69) is 0 Å². The number of benzene rings is 1. The Morgan fingerprint density at radius 2 is 2.00 bits per heavy atom. The molecule has 5 heteroatoms. The fourth-order valence-corrected chi connectivity index (χ4v) is 1.70. The molecule has 0 aromatic heterocycles. The minimum absolute atomic E-state index is 0.0424. The summed E-state index contributed by atoms with van der Waals surface area (Å²) in [7, 11) is 0. The van der Waals surface area contributed by atoms with Crippen LogP contribution in [0.4, 0.5) is 4.39 Å². The van der Waals surface area contributed by atoms with Crippen molar-refractivity contribution >= 4 is 23.4 Å². The van der Waals surface area contributed by atoms with Crippen LogP contribution in [0.2, 0.25) is 5.02 Å². The second-order valence-electron chi connectivity index (χ2n) is 4.66. The first kappa shape index (κ1) is 15.6. The van der Waals surface area contributed by atoms with Gasteiger partial charge >= 0.3 is 5.97 Å². The van der Waals surface area contributed by atoms with Crippen LogP contribution in [0.25, 0.3) is 0 Å². The van der Waals surface area contributed by atoms with Gasteiger partial charge in [0.2, 0.25) is 0 Å². The van der Waals surface area contributed by atoms with Crippen molar-refractivity contribution in [3.63, 3.8) is 0 Å². The highest BCUT2D eigenvalue weighted by atomic mass is 35.5. The number of ketones is 1. The van der Waals surface area contributed by atoms with E-state index in [4.69, 9.17) is 16.3 Å². The Kier molecular flexibility index (Phi) is 5.06. The first-order valence-corrected chi connectivity index (χ1v) is 6.32. The number of Topliss-reactive ketones (excluding diaryl/α,β-unsaturated/α-hetero) is 1. The average Bonchev–Trinajstić information content (AvgIpc) is 2.35. The van der Waals surface area contributed by atoms with Gasteiger partial charge in [-0.05, 0) is 32.4 Å². The van der Waals surface area contributed by atoms with Crippen LogP contribution in [-0.4, -0.2) is 18.4 Å². The molecule has 104 valence electrons. The number of carbonyl (C=O) groups is 2. The lowest BCUT2D eigenvalue weighted by molar-refractivity contribution is -0.157. The summed E-state index contributed by atoms with van der Waals surface area (Å²) in [4.78, 5) is 23.8. The van der Waals surface area contributed by atoms with E-state index in [1.807, 2.05) is 0 Å². The molecule has 0 saturated carbocycles. The van der Waals surface area contributed by atoms with E-state index in [0.717, 1.165) is 0 Å². The zero-order valence-electron chi connectivity index (χ0n) is 11.1. The van der Waals surface area contributed by atoms with Gasteiger partial charge in [0.1, 0.15) is 11.2 Å². The normalized spacial score (nSPS) is 11.2. The number of rotatable bonds is 5. The van der Waals surface area contributed by atoms with Crippen LogP contribution < -0.4 is 0 Å². The highest BCUT2D eigenvalue weighted by molar-refractivity contribution is 6.30. The Labute approximate surface area is 116 Å². The Morgan fingerprint density at radius 3 is 2.58 bits per heavy atom. The van der Waals surface area contributed by atoms with Crippen LogP contribution in [0.3, 0.4) is 0 Å². The largest absolute Gasteiger partial charge is 0.465 e. The molecule has 0 N–H and O–H groups in total. The topological polar surface area (TPSA) is 43.4 Å². The number of halogens is 2. The van der Waals surface area contributed by atoms with Gasteiger partial charge in [-0.3, -0.25) is 9.59 Å². The smallest absolute Gasteiger partial charge is 0.319 e. The molecule has 0 saturated heterocycles. The minimum atomic E-state index is -1.30. The molecule has 1 aromatic rings. The molecule has 0 amide bonds. The van der Waals surface area contributed by atoms with Crippen LogP contribution in [0.15, 0.2) is 18.2 Å². The number of hydrogen-bond donors (Lipinski definition) is 0. The molecule has 19 heavy (non-hydrogen) atoms. The van der Waals surface area contributed by atoms with Crippen LogP contribution in [-0.2, 0) is 20.7 Å². The van der Waals surface area contributed by atoms with E-state index in [9.17, 15) is 14.0 Å². The zero-order valence-corrected chi connectivity index (χ0v) is 11.9. The Bertz CT molecular complexity index is 497. The summed E-state index contributed by atoms with van der Waals surface area (Å²) in [6.45, 7) is 4.79. The third-order valence-electron chi connectivity index (χ3n) is 2.87. The zero-order chi connectivity index (χ0) is 14.6. The molecule has 1 aromatic carbocycles. The van der Waals surface area contributed by atoms with Gasteiger partial charge in [0.15, 0.2) is 5.78 Å². The lowest BCUT2D eigenvalue weighted by Crippen LogP contribution is -2.36. The number of ether oxygens (including phenoxy) is 1. The van der Waals surface area contributed by atoms with E-state index in [1.54, 1.807) is 13.0 Å². The molecule has 0 aliphatic heterocycles. The molecule has 3 nitrogen and oxygen atoms in total. The SMILES string of the molecule is CCOC(=O)C(C)(C)C(=O)Cc1cccc(Cl)c1F. The van der Waals surface area contributed by atoms with E-state index < -0.39 is 23.0 Å². The first-order chi connectivity index (χ1) is 8.80. The van der Waals surface area contributed by atoms with Gasteiger partial charge in [0.05, 0.1) is 11.6 Å². The molecule has 0 spiro atoms. The molecule has 0 bridgehead atoms. The van der Waals surface area contributed by atoms with Gasteiger partial charge in [0, 0.05) is 6.42 Å². The summed E-state index contributed by atoms with van der Waals surface area (Å²) in [5.74, 6) is -1.65. The first-order valence-electron chi connectivity index (χ1n) is 5.94. The molecular formula is C14H16ClFO3. The third-order valence-corrected chi connectivity index (χ3v) is 3.16. The Hall–Kier alpha value is -1.42. The maximum Gasteiger partial charge on any atom is 0.319 e. The molecule has 0 fully saturated rings. The second-order valence-corrected chi connectivity index (χ2v) is 5.07. The maximum absolute atomic E-state index is 13.7. The molecule has 0 heterocycles. The standard InChI is InChI=1S/C14H16ClFO3/c1-4-19-13(18)14(2,3)11(17)8-9-6-5-7-10(15)12(9)16/h5-7H,4,8H2,1-3H3. The summed E-state index contributed by atoms with van der Waals surface area (Å²) in [5, 5.41) is -0.0424. The fraction of sp³-hybridized carbons (Fsp3) is 0.429. The van der Waals surface area contributed by atoms with Gasteiger partial charge in [-0.15, -0.1) is 0 Å². The second kappa shape index (κ2) is 6.15. The molecular weight excluding hydrogens is 271 g/mol. The van der Waals surface area contributed by atoms with Crippen molar-refractivity contribution < 1.29 is 18.7 Å². The van der Waals surface area contributed by atoms with Crippen molar-refractivity contribution in [2.75, 3.05) is 6.61 Å². The van der Waals surface area contributed by atoms with Gasteiger partial charge in [-0.1, -0.05) is 23.7 Å². The predicted molar refractivity (Wildman–Crippen MR) is 70.5 cm³/mol. The monoisotopic (exact) mass is 286 g/mol. The molecule has 0 aliphatic rings. The third kappa shape index (κ3) is 3.53. The van der Waals surface area contributed by atoms with E-state index >= 15 is 0 Å². The number of hydrogen-bond acceptors (Lipinski definition) is 3. The average molecular weight is 287 g/mol. The Balaban J connectivity index is 2.90. The van der Waals surface area contributed by atoms with Crippen molar-refractivity contribution in [3.05, 3.63) is 34.6 Å². The lowest BCUT2D eigenvalue weighted by atomic mass is 9.85. The van der Waals surface area contributed by atoms with Gasteiger partial charge in [-0.25, -0.2) is 4.39 Å². The Morgan fingerprint density at radius 1 is 1.37 bits per heavy atom. The summed E-state index contributed by atoms with van der Waals surface area (Å²) in [5.41, 5.74) is -1.13. The van der Waals surface area contributed by atoms with Crippen LogP contribution in [0, 0.1) is 11.2 Å². The van der Waals surface area contributed by atoms with Crippen molar-refractivity contribution in [1.29, 1.82) is 0 Å². The van der Waals surface area contributed by atoms with E-state index in [1.165, 1.54) is 26.0 Å². The van der Waals surface area contributed by atoms with Crippen molar-refractivity contribution in [2.24, 2.45) is 5.41 Å². The summed E-state index contributed by atoms with van der Waals surface area (Å²) >= 11 is 5.65. The van der Waals surface area contributed by atoms with Crippen molar-refractivity contribution in [3.8, 4) is 0 Å². The lowest BCUT2D eigenvalue weighted by Gasteiger charge is -2.20. The maximum atomic E-state index is 13.7. The summed E-state index contributed by atoms with van der Waals surface area (Å²) in [6.07, 6.45) is -0.196. The summed E-state index contributed by atoms with van der Waals surface area (Å²) in [6, 6.07) is 4.44. The molecule has 1 rings (SSSR count). The fourth-order valence-electron chi connectivity index (χ4n) is 1.50. The molecule has 0 aliphatic carbocycles. The van der Waals surface area contributed by atoms with Crippen molar-refractivity contribution in [2.45, 2.75) is 27.2 Å². The van der Waals surface area contributed by atoms with Crippen LogP contribution in [0.1, 0.15) is 26.3 Å². The molecule has 0 unspecified atom stereocenters. The highest BCUT2D eigenvalue weighted by Gasteiger charge is 2.37. The van der Waals surface area contributed by atoms with E-state index in [0.29, 0.717) is 0 Å². The quantitative estimate of drug-likeness (QED) is 0.617. The minimum Gasteiger partial charge on any atom is -0.465 e. The molecule has 0 atom stereocenters. The van der Waals surface area contributed by atoms with Gasteiger partial charge in [-0.2, -0.15) is 0 Å². The number of esters is 1. The van der Waals surface area contributed by atoms with Gasteiger partial charge in [0.25, 0.3) is 0 Å². The van der Waals surface area contributed by atoms with Gasteiger partial charge < -0.3 is 4.74 Å².